The summed E-state index contributed by atoms with van der Waals surface area (Å²) >= 11 is 0. The summed E-state index contributed by atoms with van der Waals surface area (Å²) in [5.74, 6) is -1.95. The summed E-state index contributed by atoms with van der Waals surface area (Å²) in [5, 5.41) is 11.3. The highest BCUT2D eigenvalue weighted by Gasteiger charge is 2.16. The molecule has 1 rings (SSSR count). The van der Waals surface area contributed by atoms with E-state index in [1.54, 1.807) is 12.1 Å². The number of carboxylic acid groups (broad SMARTS) is 1. The molecule has 0 saturated carbocycles. The van der Waals surface area contributed by atoms with Crippen molar-refractivity contribution in [2.75, 3.05) is 13.6 Å². The van der Waals surface area contributed by atoms with Gasteiger partial charge in [0.1, 0.15) is 5.82 Å². The predicted molar refractivity (Wildman–Crippen MR) is 68.1 cm³/mol. The smallest absolute Gasteiger partial charge is 0.317 e. The Morgan fingerprint density at radius 3 is 2.74 bits per heavy atom. The topological polar surface area (TPSA) is 69.6 Å². The molecule has 1 aromatic carbocycles. The lowest BCUT2D eigenvalue weighted by molar-refractivity contribution is -0.141. The van der Waals surface area contributed by atoms with Gasteiger partial charge in [-0.05, 0) is 17.7 Å². The summed E-state index contributed by atoms with van der Waals surface area (Å²) in [5.41, 5.74) is 0.646. The number of benzene rings is 1. The van der Waals surface area contributed by atoms with Crippen LogP contribution in [0, 0.1) is 11.7 Å². The summed E-state index contributed by atoms with van der Waals surface area (Å²) in [6.45, 7) is 1.84. The summed E-state index contributed by atoms with van der Waals surface area (Å²) in [6, 6.07) is 5.53. The van der Waals surface area contributed by atoms with Gasteiger partial charge in [0, 0.05) is 20.1 Å². The van der Waals surface area contributed by atoms with Gasteiger partial charge in [0.05, 0.1) is 5.92 Å². The number of carboxylic acids is 1. The molecule has 0 heterocycles. The zero-order chi connectivity index (χ0) is 14.4. The Morgan fingerprint density at radius 2 is 2.16 bits per heavy atom. The number of hydrogen-bond donors (Lipinski definition) is 2. The molecule has 0 aliphatic rings. The predicted octanol–water partition coefficient (Wildman–Crippen LogP) is 1.69. The van der Waals surface area contributed by atoms with Gasteiger partial charge in [-0.1, -0.05) is 19.1 Å². The third-order valence-corrected chi connectivity index (χ3v) is 2.65. The van der Waals surface area contributed by atoms with Gasteiger partial charge in [-0.3, -0.25) is 4.79 Å². The van der Waals surface area contributed by atoms with Gasteiger partial charge in [-0.15, -0.1) is 0 Å². The highest BCUT2D eigenvalue weighted by atomic mass is 19.1. The fourth-order valence-electron chi connectivity index (χ4n) is 1.53. The number of aliphatic carboxylic acids is 1. The minimum absolute atomic E-state index is 0.115. The first-order chi connectivity index (χ1) is 8.90. The van der Waals surface area contributed by atoms with E-state index in [-0.39, 0.29) is 18.9 Å². The average molecular weight is 268 g/mol. The lowest BCUT2D eigenvalue weighted by Crippen LogP contribution is -2.40. The Balaban J connectivity index is 2.44. The first kappa shape index (κ1) is 14.9. The number of nitrogens with one attached hydrogen (secondary N) is 1. The van der Waals surface area contributed by atoms with E-state index in [2.05, 4.69) is 5.32 Å². The molecule has 2 N–H and O–H groups in total. The van der Waals surface area contributed by atoms with E-state index in [1.807, 2.05) is 0 Å². The van der Waals surface area contributed by atoms with Gasteiger partial charge < -0.3 is 15.3 Å². The van der Waals surface area contributed by atoms with Crippen molar-refractivity contribution >= 4 is 12.0 Å². The number of rotatable bonds is 5. The van der Waals surface area contributed by atoms with E-state index < -0.39 is 17.9 Å². The van der Waals surface area contributed by atoms with Crippen LogP contribution in [-0.4, -0.2) is 35.6 Å². The number of hydrogen-bond acceptors (Lipinski definition) is 2. The van der Waals surface area contributed by atoms with Crippen LogP contribution in [0.15, 0.2) is 24.3 Å². The molecular formula is C13H17FN2O3. The first-order valence-electron chi connectivity index (χ1n) is 5.86. The molecule has 0 saturated heterocycles. The number of halogens is 1. The van der Waals surface area contributed by atoms with Gasteiger partial charge in [-0.25, -0.2) is 9.18 Å². The molecule has 1 atom stereocenters. The highest BCUT2D eigenvalue weighted by molar-refractivity contribution is 5.75. The third-order valence-electron chi connectivity index (χ3n) is 2.65. The standard InChI is InChI=1S/C13H17FN2O3/c1-9(12(17)18)8-16(2)13(19)15-7-10-4-3-5-11(14)6-10/h3-6,9H,7-8H2,1-2H3,(H,15,19)(H,17,18). The van der Waals surface area contributed by atoms with Gasteiger partial charge in [-0.2, -0.15) is 0 Å². The van der Waals surface area contributed by atoms with Crippen LogP contribution >= 0.6 is 0 Å². The lowest BCUT2D eigenvalue weighted by Gasteiger charge is -2.20. The maximum atomic E-state index is 12.9. The Morgan fingerprint density at radius 1 is 1.47 bits per heavy atom. The Labute approximate surface area is 111 Å². The van der Waals surface area contributed by atoms with Crippen molar-refractivity contribution in [2.45, 2.75) is 13.5 Å². The second kappa shape index (κ2) is 6.72. The van der Waals surface area contributed by atoms with Crippen molar-refractivity contribution in [3.05, 3.63) is 35.6 Å². The fourth-order valence-corrected chi connectivity index (χ4v) is 1.53. The molecule has 0 radical (unpaired) electrons. The fraction of sp³-hybridized carbons (Fsp3) is 0.385. The molecule has 2 amide bonds. The third kappa shape index (κ3) is 4.95. The van der Waals surface area contributed by atoms with Gasteiger partial charge in [0.2, 0.25) is 0 Å². The molecule has 0 aliphatic heterocycles. The van der Waals surface area contributed by atoms with Crippen molar-refractivity contribution in [2.24, 2.45) is 5.92 Å². The largest absolute Gasteiger partial charge is 0.481 e. The van der Waals surface area contributed by atoms with Crippen LogP contribution in [0.1, 0.15) is 12.5 Å². The van der Waals surface area contributed by atoms with Crippen LogP contribution in [0.5, 0.6) is 0 Å². The Bertz CT molecular complexity index is 465. The number of amides is 2. The van der Waals surface area contributed by atoms with Crippen LogP contribution in [-0.2, 0) is 11.3 Å². The molecule has 1 unspecified atom stereocenters. The van der Waals surface area contributed by atoms with E-state index in [0.717, 1.165) is 0 Å². The van der Waals surface area contributed by atoms with E-state index >= 15 is 0 Å². The molecular weight excluding hydrogens is 251 g/mol. The highest BCUT2D eigenvalue weighted by Crippen LogP contribution is 2.03. The van der Waals surface area contributed by atoms with Gasteiger partial charge >= 0.3 is 12.0 Å². The van der Waals surface area contributed by atoms with Crippen LogP contribution < -0.4 is 5.32 Å². The number of urea groups is 1. The Kier molecular flexibility index (Phi) is 5.29. The van der Waals surface area contributed by atoms with E-state index in [1.165, 1.54) is 31.0 Å². The molecule has 0 aliphatic carbocycles. The monoisotopic (exact) mass is 268 g/mol. The second-order valence-electron chi connectivity index (χ2n) is 4.41. The van der Waals surface area contributed by atoms with Crippen molar-refractivity contribution in [3.8, 4) is 0 Å². The number of nitrogens with zero attached hydrogens (tertiary/aromatic N) is 1. The minimum atomic E-state index is -0.954. The summed E-state index contributed by atoms with van der Waals surface area (Å²) in [6.07, 6.45) is 0. The molecule has 0 fully saturated rings. The maximum absolute atomic E-state index is 12.9. The van der Waals surface area contributed by atoms with Crippen LogP contribution in [0.2, 0.25) is 0 Å². The van der Waals surface area contributed by atoms with Crippen LogP contribution in [0.3, 0.4) is 0 Å². The molecule has 104 valence electrons. The first-order valence-corrected chi connectivity index (χ1v) is 5.86. The Hall–Kier alpha value is -2.11. The lowest BCUT2D eigenvalue weighted by atomic mass is 10.2. The van der Waals surface area contributed by atoms with Crippen molar-refractivity contribution < 1.29 is 19.1 Å². The molecule has 1 aromatic rings. The molecule has 0 aromatic heterocycles. The van der Waals surface area contributed by atoms with Crippen molar-refractivity contribution in [3.63, 3.8) is 0 Å². The average Bonchev–Trinajstić information content (AvgIpc) is 2.35. The minimum Gasteiger partial charge on any atom is -0.481 e. The SMILES string of the molecule is CC(CN(C)C(=O)NCc1cccc(F)c1)C(=O)O. The zero-order valence-corrected chi connectivity index (χ0v) is 10.9. The van der Waals surface area contributed by atoms with Gasteiger partial charge in [0.15, 0.2) is 0 Å². The second-order valence-corrected chi connectivity index (χ2v) is 4.41. The number of carbonyl (C=O) groups is 2. The molecule has 0 spiro atoms. The van der Waals surface area contributed by atoms with E-state index in [4.69, 9.17) is 5.11 Å². The number of carbonyl (C=O) groups excluding carboxylic acids is 1. The van der Waals surface area contributed by atoms with Crippen LogP contribution in [0.25, 0.3) is 0 Å². The summed E-state index contributed by atoms with van der Waals surface area (Å²) in [4.78, 5) is 23.7. The zero-order valence-electron chi connectivity index (χ0n) is 10.9. The molecule has 19 heavy (non-hydrogen) atoms. The van der Waals surface area contributed by atoms with E-state index in [9.17, 15) is 14.0 Å². The van der Waals surface area contributed by atoms with Crippen molar-refractivity contribution in [1.29, 1.82) is 0 Å². The normalized spacial score (nSPS) is 11.7. The summed E-state index contributed by atoms with van der Waals surface area (Å²) < 4.78 is 12.9. The quantitative estimate of drug-likeness (QED) is 0.853. The van der Waals surface area contributed by atoms with E-state index in [0.29, 0.717) is 5.56 Å². The molecule has 6 heteroatoms. The van der Waals surface area contributed by atoms with Crippen molar-refractivity contribution in [1.82, 2.24) is 10.2 Å². The van der Waals surface area contributed by atoms with Crippen LogP contribution in [0.4, 0.5) is 9.18 Å². The molecule has 0 bridgehead atoms. The molecule has 5 nitrogen and oxygen atoms in total. The maximum Gasteiger partial charge on any atom is 0.317 e. The summed E-state index contributed by atoms with van der Waals surface area (Å²) in [7, 11) is 1.51. The van der Waals surface area contributed by atoms with Gasteiger partial charge in [0.25, 0.3) is 0 Å².